The number of Topliss-reactive ketones (excluding diaryl/α,β-unsaturated/α-hetero) is 1. The van der Waals surface area contributed by atoms with E-state index in [1.54, 1.807) is 26.0 Å². The number of ketones is 1. The molecule has 94 valence electrons. The normalized spacial score (nSPS) is 10.4. The summed E-state index contributed by atoms with van der Waals surface area (Å²) < 4.78 is 14.8. The van der Waals surface area contributed by atoms with Crippen LogP contribution in [0.3, 0.4) is 0 Å². The summed E-state index contributed by atoms with van der Waals surface area (Å²) in [6.07, 6.45) is 0.0494. The molecular formula is C11H13Na2O5P. The fourth-order valence-electron chi connectivity index (χ4n) is 1.25. The van der Waals surface area contributed by atoms with Crippen molar-refractivity contribution in [2.24, 2.45) is 5.92 Å². The molecule has 0 fully saturated rings. The van der Waals surface area contributed by atoms with E-state index in [2.05, 4.69) is 4.52 Å². The van der Waals surface area contributed by atoms with Gasteiger partial charge in [-0.05, 0) is 6.07 Å². The van der Waals surface area contributed by atoms with Crippen molar-refractivity contribution in [1.82, 2.24) is 0 Å². The molecule has 5 nitrogen and oxygen atoms in total. The molecule has 0 heterocycles. The maximum atomic E-state index is 11.5. The number of benzene rings is 1. The van der Waals surface area contributed by atoms with Crippen LogP contribution in [-0.4, -0.2) is 5.78 Å². The first kappa shape index (κ1) is 22.1. The van der Waals surface area contributed by atoms with E-state index < -0.39 is 7.82 Å². The van der Waals surface area contributed by atoms with Crippen molar-refractivity contribution < 1.29 is 82.8 Å². The third-order valence-corrected chi connectivity index (χ3v) is 2.61. The minimum Gasteiger partial charge on any atom is -0.780 e. The molecule has 0 amide bonds. The van der Waals surface area contributed by atoms with Gasteiger partial charge in [0.25, 0.3) is 0 Å². The number of phosphoric acid groups is 1. The molecule has 0 saturated carbocycles. The molecule has 0 radical (unpaired) electrons. The van der Waals surface area contributed by atoms with Crippen LogP contribution in [0.25, 0.3) is 0 Å². The third-order valence-electron chi connectivity index (χ3n) is 2.19. The van der Waals surface area contributed by atoms with Gasteiger partial charge in [0.15, 0.2) is 0 Å². The van der Waals surface area contributed by atoms with E-state index in [1.165, 1.54) is 12.1 Å². The summed E-state index contributed by atoms with van der Waals surface area (Å²) in [6.45, 7) is 3.50. The second-order valence-corrected chi connectivity index (χ2v) is 5.02. The Morgan fingerprint density at radius 2 is 1.79 bits per heavy atom. The van der Waals surface area contributed by atoms with Crippen molar-refractivity contribution in [3.8, 4) is 5.75 Å². The van der Waals surface area contributed by atoms with Gasteiger partial charge in [0.2, 0.25) is 0 Å². The van der Waals surface area contributed by atoms with Crippen LogP contribution in [-0.2, 0) is 15.8 Å². The summed E-state index contributed by atoms with van der Waals surface area (Å²) in [7, 11) is -5.09. The van der Waals surface area contributed by atoms with E-state index >= 15 is 0 Å². The van der Waals surface area contributed by atoms with Gasteiger partial charge >= 0.3 is 59.1 Å². The van der Waals surface area contributed by atoms with Crippen LogP contribution in [0.1, 0.15) is 19.4 Å². The van der Waals surface area contributed by atoms with Gasteiger partial charge in [0, 0.05) is 17.9 Å². The first-order chi connectivity index (χ1) is 7.79. The Kier molecular flexibility index (Phi) is 11.3. The Morgan fingerprint density at radius 3 is 2.26 bits per heavy atom. The maximum Gasteiger partial charge on any atom is 1.00 e. The number of phosphoric ester groups is 1. The molecule has 1 aromatic carbocycles. The van der Waals surface area contributed by atoms with Crippen molar-refractivity contribution in [1.29, 1.82) is 0 Å². The van der Waals surface area contributed by atoms with Crippen molar-refractivity contribution in [2.75, 3.05) is 0 Å². The molecular weight excluding hydrogens is 289 g/mol. The molecule has 1 rings (SSSR count). The van der Waals surface area contributed by atoms with Gasteiger partial charge in [-0.1, -0.05) is 32.0 Å². The number of carbonyl (C=O) groups excluding carboxylic acids is 1. The molecule has 0 atom stereocenters. The van der Waals surface area contributed by atoms with Crippen LogP contribution < -0.4 is 73.4 Å². The quantitative estimate of drug-likeness (QED) is 0.400. The molecule has 0 spiro atoms. The van der Waals surface area contributed by atoms with Crippen LogP contribution in [0, 0.1) is 5.92 Å². The number of para-hydroxylation sites is 1. The Balaban J connectivity index is 0. The second-order valence-electron chi connectivity index (χ2n) is 3.94. The summed E-state index contributed by atoms with van der Waals surface area (Å²) >= 11 is 0. The molecule has 0 aliphatic carbocycles. The van der Waals surface area contributed by atoms with Gasteiger partial charge < -0.3 is 18.9 Å². The average Bonchev–Trinajstić information content (AvgIpc) is 2.18. The van der Waals surface area contributed by atoms with Gasteiger partial charge in [0.05, 0.1) is 0 Å². The monoisotopic (exact) mass is 302 g/mol. The predicted octanol–water partition coefficient (Wildman–Crippen LogP) is -5.33. The fraction of sp³-hybridized carbons (Fsp3) is 0.364. The number of rotatable bonds is 5. The molecule has 0 aliphatic heterocycles. The van der Waals surface area contributed by atoms with Crippen molar-refractivity contribution in [3.63, 3.8) is 0 Å². The van der Waals surface area contributed by atoms with Gasteiger partial charge in [-0.25, -0.2) is 0 Å². The van der Waals surface area contributed by atoms with Gasteiger partial charge in [0.1, 0.15) is 19.4 Å². The van der Waals surface area contributed by atoms with Gasteiger partial charge in [-0.3, -0.25) is 4.79 Å². The Labute approximate surface area is 156 Å². The van der Waals surface area contributed by atoms with Crippen LogP contribution in [0.4, 0.5) is 0 Å². The van der Waals surface area contributed by atoms with Crippen LogP contribution >= 0.6 is 7.82 Å². The summed E-state index contributed by atoms with van der Waals surface area (Å²) in [5.74, 6) is -0.281. The molecule has 0 N–H and O–H groups in total. The van der Waals surface area contributed by atoms with E-state index in [0.29, 0.717) is 5.56 Å². The molecule has 0 bridgehead atoms. The zero-order chi connectivity index (χ0) is 13.1. The van der Waals surface area contributed by atoms with E-state index in [4.69, 9.17) is 0 Å². The minimum atomic E-state index is -5.09. The summed E-state index contributed by atoms with van der Waals surface area (Å²) in [5, 5.41) is 0. The smallest absolute Gasteiger partial charge is 0.780 e. The van der Waals surface area contributed by atoms with Crippen molar-refractivity contribution >= 4 is 13.6 Å². The van der Waals surface area contributed by atoms with Crippen molar-refractivity contribution in [3.05, 3.63) is 29.8 Å². The molecule has 0 aliphatic rings. The van der Waals surface area contributed by atoms with Crippen LogP contribution in [0.5, 0.6) is 5.75 Å². The van der Waals surface area contributed by atoms with E-state index in [0.717, 1.165) is 0 Å². The molecule has 0 saturated heterocycles. The average molecular weight is 302 g/mol. The molecule has 19 heavy (non-hydrogen) atoms. The zero-order valence-corrected chi connectivity index (χ0v) is 16.5. The fourth-order valence-corrected chi connectivity index (χ4v) is 1.67. The molecule has 0 aromatic heterocycles. The van der Waals surface area contributed by atoms with Gasteiger partial charge in [-0.15, -0.1) is 0 Å². The van der Waals surface area contributed by atoms with Gasteiger partial charge in [-0.2, -0.15) is 0 Å². The SMILES string of the molecule is CC(C)C(=O)Cc1ccccc1OP(=O)([O-])[O-].[Na+].[Na+]. The van der Waals surface area contributed by atoms with E-state index in [9.17, 15) is 19.1 Å². The topological polar surface area (TPSA) is 89.5 Å². The molecule has 8 heteroatoms. The van der Waals surface area contributed by atoms with Crippen molar-refractivity contribution in [2.45, 2.75) is 20.3 Å². The Bertz CT molecular complexity index is 458. The third kappa shape index (κ3) is 8.66. The Hall–Kier alpha value is 0.840. The predicted molar refractivity (Wildman–Crippen MR) is 58.2 cm³/mol. The summed E-state index contributed by atoms with van der Waals surface area (Å²) in [5.41, 5.74) is 0.401. The number of hydrogen-bond donors (Lipinski definition) is 0. The van der Waals surface area contributed by atoms with Crippen LogP contribution in [0.15, 0.2) is 24.3 Å². The van der Waals surface area contributed by atoms with E-state index in [-0.39, 0.29) is 83.0 Å². The summed E-state index contributed by atoms with van der Waals surface area (Å²) in [6, 6.07) is 6.10. The Morgan fingerprint density at radius 1 is 1.26 bits per heavy atom. The standard InChI is InChI=1S/C11H15O5P.2Na/c1-8(2)10(12)7-9-5-3-4-6-11(9)16-17(13,14)15;;/h3-6,8H,7H2,1-2H3,(H2,13,14,15);;/q;2*+1/p-2. The molecule has 1 aromatic rings. The first-order valence-corrected chi connectivity index (χ1v) is 6.58. The molecule has 0 unspecified atom stereocenters. The maximum absolute atomic E-state index is 11.5. The number of hydrogen-bond acceptors (Lipinski definition) is 5. The van der Waals surface area contributed by atoms with E-state index in [1.807, 2.05) is 0 Å². The first-order valence-electron chi connectivity index (χ1n) is 5.12. The number of carbonyl (C=O) groups is 1. The summed E-state index contributed by atoms with van der Waals surface area (Å²) in [4.78, 5) is 32.6. The second kappa shape index (κ2) is 9.72. The minimum absolute atomic E-state index is 0. The largest absolute Gasteiger partial charge is 1.00 e. The zero-order valence-electron chi connectivity index (χ0n) is 11.6. The van der Waals surface area contributed by atoms with Crippen LogP contribution in [0.2, 0.25) is 0 Å².